The minimum Gasteiger partial charge on any atom is -0.321 e. The number of anilines is 2. The van der Waals surface area contributed by atoms with E-state index in [2.05, 4.69) is 5.32 Å². The summed E-state index contributed by atoms with van der Waals surface area (Å²) in [5.41, 5.74) is 4.29. The highest BCUT2D eigenvalue weighted by Crippen LogP contribution is 2.40. The lowest BCUT2D eigenvalue weighted by Gasteiger charge is -2.18. The molecule has 0 aromatic heterocycles. The van der Waals surface area contributed by atoms with Gasteiger partial charge in [0.25, 0.3) is 11.8 Å². The molecule has 0 fully saturated rings. The molecule has 0 bridgehead atoms. The summed E-state index contributed by atoms with van der Waals surface area (Å²) >= 11 is 6.31. The van der Waals surface area contributed by atoms with Crippen molar-refractivity contribution in [2.45, 2.75) is 20.4 Å². The number of para-hydroxylation sites is 1. The van der Waals surface area contributed by atoms with E-state index in [1.54, 1.807) is 29.2 Å². The first-order valence-corrected chi connectivity index (χ1v) is 10.5. The van der Waals surface area contributed by atoms with Crippen LogP contribution in [-0.2, 0) is 16.1 Å². The first-order valence-electron chi connectivity index (χ1n) is 10.1. The predicted octanol–water partition coefficient (Wildman–Crippen LogP) is 5.42. The first-order chi connectivity index (χ1) is 15.4. The number of nitrogens with zero attached hydrogens (tertiary/aromatic N) is 2. The molecule has 0 saturated carbocycles. The van der Waals surface area contributed by atoms with Crippen LogP contribution < -0.4 is 10.2 Å². The molecule has 0 saturated heterocycles. The second-order valence-corrected chi connectivity index (χ2v) is 8.04. The largest absolute Gasteiger partial charge is 0.321 e. The Balaban J connectivity index is 1.76. The lowest BCUT2D eigenvalue weighted by molar-refractivity contribution is -0.114. The van der Waals surface area contributed by atoms with E-state index in [-0.39, 0.29) is 17.7 Å². The van der Waals surface area contributed by atoms with Crippen molar-refractivity contribution >= 4 is 40.4 Å². The predicted molar refractivity (Wildman–Crippen MR) is 126 cm³/mol. The van der Waals surface area contributed by atoms with Crippen LogP contribution in [-0.4, -0.2) is 11.8 Å². The van der Waals surface area contributed by atoms with Gasteiger partial charge in [-0.2, -0.15) is 5.26 Å². The normalized spacial score (nSPS) is 14.1. The van der Waals surface area contributed by atoms with Crippen LogP contribution in [0.4, 0.5) is 11.4 Å². The molecule has 6 heteroatoms. The molecule has 1 N–H and O–H groups in total. The molecule has 0 atom stereocenters. The minimum absolute atomic E-state index is 0.0953. The Kier molecular flexibility index (Phi) is 5.81. The monoisotopic (exact) mass is 441 g/mol. The average molecular weight is 442 g/mol. The molecule has 1 aliphatic heterocycles. The number of nitriles is 1. The molecule has 4 rings (SSSR count). The fourth-order valence-electron chi connectivity index (χ4n) is 3.75. The maximum absolute atomic E-state index is 13.5. The van der Waals surface area contributed by atoms with E-state index in [0.717, 1.165) is 16.7 Å². The Hall–Kier alpha value is -3.88. The molecule has 1 aliphatic rings. The Labute approximate surface area is 191 Å². The van der Waals surface area contributed by atoms with Crippen molar-refractivity contribution in [2.75, 3.05) is 10.2 Å². The number of rotatable bonds is 4. The second kappa shape index (κ2) is 8.70. The number of nitrogens with one attached hydrogen (secondary N) is 1. The van der Waals surface area contributed by atoms with Crippen LogP contribution in [0, 0.1) is 25.2 Å². The van der Waals surface area contributed by atoms with Crippen molar-refractivity contribution in [3.63, 3.8) is 0 Å². The molecule has 0 aliphatic carbocycles. The zero-order chi connectivity index (χ0) is 22.8. The van der Waals surface area contributed by atoms with Gasteiger partial charge < -0.3 is 10.2 Å². The molecule has 32 heavy (non-hydrogen) atoms. The highest BCUT2D eigenvalue weighted by atomic mass is 35.5. The summed E-state index contributed by atoms with van der Waals surface area (Å²) in [5, 5.41) is 13.2. The van der Waals surface area contributed by atoms with Crippen molar-refractivity contribution in [2.24, 2.45) is 0 Å². The topological polar surface area (TPSA) is 73.2 Å². The van der Waals surface area contributed by atoms with E-state index in [1.165, 1.54) is 0 Å². The van der Waals surface area contributed by atoms with E-state index in [1.807, 2.05) is 62.4 Å². The zero-order valence-corrected chi connectivity index (χ0v) is 18.4. The van der Waals surface area contributed by atoms with Crippen LogP contribution in [0.2, 0.25) is 5.02 Å². The van der Waals surface area contributed by atoms with Crippen LogP contribution in [0.15, 0.2) is 72.3 Å². The third kappa shape index (κ3) is 3.89. The molecule has 158 valence electrons. The van der Waals surface area contributed by atoms with Gasteiger partial charge in [0.15, 0.2) is 0 Å². The minimum atomic E-state index is -0.612. The Morgan fingerprint density at radius 3 is 2.53 bits per heavy atom. The maximum atomic E-state index is 13.5. The standard InChI is InChI=1S/C26H20ClN3O2/c1-16-11-12-17(2)22(13-16)29-25(31)20(14-28)24-19-8-4-6-10-23(19)30(26(24)32)15-18-7-3-5-9-21(18)27/h3-13H,15H2,1-2H3,(H,29,31)/b24-20+. The third-order valence-corrected chi connectivity index (χ3v) is 5.81. The van der Waals surface area contributed by atoms with Gasteiger partial charge in [-0.1, -0.05) is 60.1 Å². The summed E-state index contributed by atoms with van der Waals surface area (Å²) in [6.07, 6.45) is 0. The number of benzene rings is 3. The fourth-order valence-corrected chi connectivity index (χ4v) is 3.95. The summed E-state index contributed by atoms with van der Waals surface area (Å²) in [5.74, 6) is -1.02. The number of hydrogen-bond acceptors (Lipinski definition) is 3. The van der Waals surface area contributed by atoms with Crippen LogP contribution >= 0.6 is 11.6 Å². The zero-order valence-electron chi connectivity index (χ0n) is 17.6. The van der Waals surface area contributed by atoms with Gasteiger partial charge in [0.05, 0.1) is 17.8 Å². The average Bonchev–Trinajstić information content (AvgIpc) is 3.05. The van der Waals surface area contributed by atoms with Crippen LogP contribution in [0.1, 0.15) is 22.3 Å². The van der Waals surface area contributed by atoms with Crippen LogP contribution in [0.25, 0.3) is 5.57 Å². The van der Waals surface area contributed by atoms with Gasteiger partial charge in [0, 0.05) is 16.3 Å². The van der Waals surface area contributed by atoms with E-state index < -0.39 is 11.8 Å². The number of halogens is 1. The Morgan fingerprint density at radius 1 is 1.06 bits per heavy atom. The molecule has 3 aromatic rings. The maximum Gasteiger partial charge on any atom is 0.267 e. The number of carbonyl (C=O) groups excluding carboxylic acids is 2. The summed E-state index contributed by atoms with van der Waals surface area (Å²) in [7, 11) is 0. The number of aryl methyl sites for hydroxylation is 2. The van der Waals surface area contributed by atoms with Gasteiger partial charge in [-0.25, -0.2) is 0 Å². The van der Waals surface area contributed by atoms with Gasteiger partial charge in [-0.3, -0.25) is 9.59 Å². The van der Waals surface area contributed by atoms with Crippen molar-refractivity contribution in [1.29, 1.82) is 5.26 Å². The van der Waals surface area contributed by atoms with E-state index >= 15 is 0 Å². The molecule has 2 amide bonds. The first kappa shape index (κ1) is 21.4. The molecule has 0 unspecified atom stereocenters. The summed E-state index contributed by atoms with van der Waals surface area (Å²) in [6.45, 7) is 4.02. The second-order valence-electron chi connectivity index (χ2n) is 7.63. The molecule has 0 spiro atoms. The van der Waals surface area contributed by atoms with Crippen molar-refractivity contribution in [3.05, 3.63) is 99.6 Å². The van der Waals surface area contributed by atoms with Crippen molar-refractivity contribution in [3.8, 4) is 6.07 Å². The van der Waals surface area contributed by atoms with Gasteiger partial charge >= 0.3 is 0 Å². The summed E-state index contributed by atoms with van der Waals surface area (Å²) < 4.78 is 0. The molecular weight excluding hydrogens is 422 g/mol. The SMILES string of the molecule is Cc1ccc(C)c(NC(=O)/C(C#N)=C2/C(=O)N(Cc3ccccc3Cl)c3ccccc32)c1. The van der Waals surface area contributed by atoms with E-state index in [0.29, 0.717) is 22.0 Å². The lowest BCUT2D eigenvalue weighted by Crippen LogP contribution is -2.27. The van der Waals surface area contributed by atoms with Crippen molar-refractivity contribution in [1.82, 2.24) is 0 Å². The molecule has 3 aromatic carbocycles. The third-order valence-electron chi connectivity index (χ3n) is 5.44. The Morgan fingerprint density at radius 2 is 1.78 bits per heavy atom. The summed E-state index contributed by atoms with van der Waals surface area (Å²) in [4.78, 5) is 28.1. The van der Waals surface area contributed by atoms with Crippen molar-refractivity contribution < 1.29 is 9.59 Å². The Bertz CT molecular complexity index is 1320. The van der Waals surface area contributed by atoms with Crippen LogP contribution in [0.5, 0.6) is 0 Å². The molecule has 5 nitrogen and oxygen atoms in total. The molecule has 1 heterocycles. The number of fused-ring (bicyclic) bond motifs is 1. The quantitative estimate of drug-likeness (QED) is 0.434. The van der Waals surface area contributed by atoms with Gasteiger partial charge in [0.2, 0.25) is 0 Å². The highest BCUT2D eigenvalue weighted by molar-refractivity contribution is 6.38. The fraction of sp³-hybridized carbons (Fsp3) is 0.115. The molecular formula is C26H20ClN3O2. The van der Waals surface area contributed by atoms with E-state index in [4.69, 9.17) is 11.6 Å². The van der Waals surface area contributed by atoms with Gasteiger partial charge in [0.1, 0.15) is 11.6 Å². The molecule has 0 radical (unpaired) electrons. The van der Waals surface area contributed by atoms with E-state index in [9.17, 15) is 14.9 Å². The summed E-state index contributed by atoms with van der Waals surface area (Å²) in [6, 6.07) is 22.1. The number of hydrogen-bond donors (Lipinski definition) is 1. The lowest BCUT2D eigenvalue weighted by atomic mass is 10.0. The number of carbonyl (C=O) groups is 2. The van der Waals surface area contributed by atoms with Crippen LogP contribution in [0.3, 0.4) is 0 Å². The smallest absolute Gasteiger partial charge is 0.267 e. The highest BCUT2D eigenvalue weighted by Gasteiger charge is 2.36. The number of amides is 2. The van der Waals surface area contributed by atoms with Gasteiger partial charge in [-0.05, 0) is 48.7 Å². The van der Waals surface area contributed by atoms with Gasteiger partial charge in [-0.15, -0.1) is 0 Å².